The van der Waals surface area contributed by atoms with E-state index in [2.05, 4.69) is 0 Å². The van der Waals surface area contributed by atoms with Gasteiger partial charge in [0.15, 0.2) is 0 Å². The lowest BCUT2D eigenvalue weighted by molar-refractivity contribution is -0.202. The molecule has 0 spiro atoms. The normalized spacial score (nSPS) is 32.9. The van der Waals surface area contributed by atoms with Crippen LogP contribution in [0.4, 0.5) is 18.0 Å². The monoisotopic (exact) mass is 227 g/mol. The Hall–Kier alpha value is -0.980. The minimum absolute atomic E-state index is 0.0197. The first-order valence-electron chi connectivity index (χ1n) is 4.42. The molecule has 0 aliphatic carbocycles. The number of nitrogens with zero attached hydrogens (tertiary/aromatic N) is 1. The van der Waals surface area contributed by atoms with Crippen LogP contribution in [0.1, 0.15) is 19.8 Å². The van der Waals surface area contributed by atoms with Crippen LogP contribution in [0.2, 0.25) is 0 Å². The second kappa shape index (κ2) is 3.55. The number of piperidine rings is 1. The zero-order valence-corrected chi connectivity index (χ0v) is 8.08. The number of hydrogen-bond acceptors (Lipinski definition) is 2. The fourth-order valence-corrected chi connectivity index (χ4v) is 1.67. The summed E-state index contributed by atoms with van der Waals surface area (Å²) in [5.41, 5.74) is -1.45. The highest BCUT2D eigenvalue weighted by atomic mass is 19.4. The highest BCUT2D eigenvalue weighted by Gasteiger charge is 2.51. The van der Waals surface area contributed by atoms with Gasteiger partial charge in [-0.25, -0.2) is 4.79 Å². The summed E-state index contributed by atoms with van der Waals surface area (Å²) in [7, 11) is 0. The zero-order chi connectivity index (χ0) is 11.9. The molecule has 1 heterocycles. The lowest BCUT2D eigenvalue weighted by Crippen LogP contribution is -2.57. The van der Waals surface area contributed by atoms with Gasteiger partial charge in [0.1, 0.15) is 6.04 Å². The van der Waals surface area contributed by atoms with Gasteiger partial charge >= 0.3 is 12.3 Å². The molecular formula is C8H12F3NO3. The third kappa shape index (κ3) is 2.74. The summed E-state index contributed by atoms with van der Waals surface area (Å²) in [5, 5.41) is 18.1. The van der Waals surface area contributed by atoms with Gasteiger partial charge in [-0.1, -0.05) is 0 Å². The third-order valence-electron chi connectivity index (χ3n) is 2.52. The van der Waals surface area contributed by atoms with Gasteiger partial charge in [0.05, 0.1) is 5.60 Å². The second-order valence-electron chi connectivity index (χ2n) is 3.98. The van der Waals surface area contributed by atoms with Crippen molar-refractivity contribution in [2.24, 2.45) is 0 Å². The predicted molar refractivity (Wildman–Crippen MR) is 44.4 cm³/mol. The molecule has 0 aromatic carbocycles. The Labute approximate surface area is 84.3 Å². The van der Waals surface area contributed by atoms with E-state index in [1.54, 1.807) is 0 Å². The average Bonchev–Trinajstić information content (AvgIpc) is 2.00. The molecule has 1 rings (SSSR count). The number of rotatable bonds is 0. The van der Waals surface area contributed by atoms with Gasteiger partial charge in [-0.3, -0.25) is 4.90 Å². The number of aliphatic hydroxyl groups is 1. The molecule has 1 aliphatic heterocycles. The molecule has 1 fully saturated rings. The first kappa shape index (κ1) is 12.1. The Morgan fingerprint density at radius 2 is 2.07 bits per heavy atom. The maximum atomic E-state index is 12.5. The Morgan fingerprint density at radius 1 is 1.53 bits per heavy atom. The molecule has 0 aromatic heterocycles. The van der Waals surface area contributed by atoms with Crippen molar-refractivity contribution in [1.29, 1.82) is 0 Å². The summed E-state index contributed by atoms with van der Waals surface area (Å²) < 4.78 is 37.4. The molecule has 7 heteroatoms. The Bertz CT molecular complexity index is 264. The number of alkyl halides is 3. The molecule has 1 amide bonds. The summed E-state index contributed by atoms with van der Waals surface area (Å²) in [5.74, 6) is 0. The van der Waals surface area contributed by atoms with Crippen molar-refractivity contribution in [2.75, 3.05) is 6.54 Å². The molecule has 1 saturated heterocycles. The fourth-order valence-electron chi connectivity index (χ4n) is 1.67. The molecule has 15 heavy (non-hydrogen) atoms. The molecule has 4 nitrogen and oxygen atoms in total. The molecular weight excluding hydrogens is 215 g/mol. The van der Waals surface area contributed by atoms with Gasteiger partial charge in [-0.05, 0) is 13.3 Å². The molecule has 0 saturated carbocycles. The first-order chi connectivity index (χ1) is 6.63. The van der Waals surface area contributed by atoms with Gasteiger partial charge < -0.3 is 10.2 Å². The Morgan fingerprint density at radius 3 is 2.47 bits per heavy atom. The van der Waals surface area contributed by atoms with Crippen LogP contribution >= 0.6 is 0 Å². The second-order valence-corrected chi connectivity index (χ2v) is 3.98. The number of halogens is 3. The largest absolute Gasteiger partial charge is 0.465 e. The molecule has 0 radical (unpaired) electrons. The average molecular weight is 227 g/mol. The van der Waals surface area contributed by atoms with Gasteiger partial charge in [0.25, 0.3) is 0 Å². The summed E-state index contributed by atoms with van der Waals surface area (Å²) in [6.45, 7) is 0.984. The van der Waals surface area contributed by atoms with Crippen molar-refractivity contribution in [3.63, 3.8) is 0 Å². The molecule has 88 valence electrons. The van der Waals surface area contributed by atoms with Gasteiger partial charge in [-0.15, -0.1) is 0 Å². The van der Waals surface area contributed by atoms with E-state index in [4.69, 9.17) is 5.11 Å². The first-order valence-corrected chi connectivity index (χ1v) is 4.42. The van der Waals surface area contributed by atoms with Crippen molar-refractivity contribution in [3.05, 3.63) is 0 Å². The van der Waals surface area contributed by atoms with E-state index < -0.39 is 30.3 Å². The maximum Gasteiger partial charge on any atom is 0.409 e. The quantitative estimate of drug-likeness (QED) is 0.658. The van der Waals surface area contributed by atoms with E-state index >= 15 is 0 Å². The number of amides is 1. The SMILES string of the molecule is CC1(O)CCN(C(=O)O)C(C(F)(F)F)C1. The molecule has 0 aromatic rings. The van der Waals surface area contributed by atoms with Crippen molar-refractivity contribution >= 4 is 6.09 Å². The smallest absolute Gasteiger partial charge is 0.409 e. The van der Waals surface area contributed by atoms with Crippen LogP contribution in [0.3, 0.4) is 0 Å². The molecule has 2 atom stereocenters. The minimum Gasteiger partial charge on any atom is -0.465 e. The van der Waals surface area contributed by atoms with Gasteiger partial charge in [0.2, 0.25) is 0 Å². The van der Waals surface area contributed by atoms with E-state index in [0.29, 0.717) is 4.90 Å². The molecule has 2 unspecified atom stereocenters. The zero-order valence-electron chi connectivity index (χ0n) is 8.08. The Kier molecular flexibility index (Phi) is 2.86. The molecule has 1 aliphatic rings. The summed E-state index contributed by atoms with van der Waals surface area (Å²) in [4.78, 5) is 10.9. The topological polar surface area (TPSA) is 60.8 Å². The van der Waals surface area contributed by atoms with Crippen LogP contribution in [0, 0.1) is 0 Å². The van der Waals surface area contributed by atoms with E-state index in [1.165, 1.54) is 6.92 Å². The maximum absolute atomic E-state index is 12.5. The minimum atomic E-state index is -4.64. The molecule has 2 N–H and O–H groups in total. The fraction of sp³-hybridized carbons (Fsp3) is 0.875. The number of carboxylic acid groups (broad SMARTS) is 1. The van der Waals surface area contributed by atoms with Crippen molar-refractivity contribution in [2.45, 2.75) is 37.6 Å². The summed E-state index contributed by atoms with van der Waals surface area (Å²) in [6.07, 6.45) is -6.83. The lowest BCUT2D eigenvalue weighted by Gasteiger charge is -2.41. The molecule has 0 bridgehead atoms. The van der Waals surface area contributed by atoms with E-state index in [-0.39, 0.29) is 13.0 Å². The van der Waals surface area contributed by atoms with Gasteiger partial charge in [0, 0.05) is 13.0 Å². The van der Waals surface area contributed by atoms with E-state index in [1.807, 2.05) is 0 Å². The Balaban J connectivity index is 2.88. The van der Waals surface area contributed by atoms with E-state index in [9.17, 15) is 23.1 Å². The van der Waals surface area contributed by atoms with Gasteiger partial charge in [-0.2, -0.15) is 13.2 Å². The van der Waals surface area contributed by atoms with Crippen LogP contribution in [-0.2, 0) is 0 Å². The van der Waals surface area contributed by atoms with E-state index in [0.717, 1.165) is 0 Å². The van der Waals surface area contributed by atoms with Crippen LogP contribution in [0.25, 0.3) is 0 Å². The lowest BCUT2D eigenvalue weighted by atomic mass is 9.88. The number of likely N-dealkylation sites (tertiary alicyclic amines) is 1. The summed E-state index contributed by atoms with van der Waals surface area (Å²) in [6, 6.07) is -2.11. The standard InChI is InChI=1S/C8H12F3NO3/c1-7(15)2-3-12(6(13)14)5(4-7)8(9,10)11/h5,15H,2-4H2,1H3,(H,13,14). The third-order valence-corrected chi connectivity index (χ3v) is 2.52. The van der Waals surface area contributed by atoms with Crippen LogP contribution in [-0.4, -0.2) is 45.6 Å². The summed E-state index contributed by atoms with van der Waals surface area (Å²) >= 11 is 0. The van der Waals surface area contributed by atoms with Crippen LogP contribution in [0.5, 0.6) is 0 Å². The number of hydrogen-bond donors (Lipinski definition) is 2. The highest BCUT2D eigenvalue weighted by Crippen LogP contribution is 2.36. The van der Waals surface area contributed by atoms with Crippen molar-refractivity contribution in [1.82, 2.24) is 4.90 Å². The number of carbonyl (C=O) groups is 1. The van der Waals surface area contributed by atoms with Crippen molar-refractivity contribution < 1.29 is 28.2 Å². The predicted octanol–water partition coefficient (Wildman–Crippen LogP) is 1.44. The highest BCUT2D eigenvalue weighted by molar-refractivity contribution is 5.65. The van der Waals surface area contributed by atoms with Crippen LogP contribution in [0.15, 0.2) is 0 Å². The van der Waals surface area contributed by atoms with Crippen LogP contribution < -0.4 is 0 Å². The van der Waals surface area contributed by atoms with Crippen molar-refractivity contribution in [3.8, 4) is 0 Å².